The highest BCUT2D eigenvalue weighted by Crippen LogP contribution is 2.33. The van der Waals surface area contributed by atoms with Gasteiger partial charge in [-0.15, -0.1) is 0 Å². The Bertz CT molecular complexity index is 688. The molecular weight excluding hydrogens is 294 g/mol. The Balaban J connectivity index is 1.81. The van der Waals surface area contributed by atoms with Crippen LogP contribution >= 0.6 is 24.0 Å². The number of hydrogen-bond donors (Lipinski definition) is 0. The van der Waals surface area contributed by atoms with Crippen molar-refractivity contribution in [2.24, 2.45) is 7.05 Å². The molecule has 0 saturated carbocycles. The fourth-order valence-corrected chi connectivity index (χ4v) is 3.12. The van der Waals surface area contributed by atoms with Gasteiger partial charge in [-0.05, 0) is 18.2 Å². The zero-order valence-corrected chi connectivity index (χ0v) is 12.3. The molecule has 1 saturated heterocycles. The molecule has 1 aliphatic rings. The second kappa shape index (κ2) is 5.26. The lowest BCUT2D eigenvalue weighted by atomic mass is 10.3. The summed E-state index contributed by atoms with van der Waals surface area (Å²) in [4.78, 5) is 14.5. The molecule has 20 heavy (non-hydrogen) atoms. The van der Waals surface area contributed by atoms with Crippen molar-refractivity contribution in [1.29, 1.82) is 0 Å². The quantitative estimate of drug-likeness (QED) is 0.644. The van der Waals surface area contributed by atoms with Crippen LogP contribution in [-0.2, 0) is 18.4 Å². The third-order valence-electron chi connectivity index (χ3n) is 2.79. The molecule has 3 heterocycles. The number of thiocarbonyl (C=S) groups is 1. The first kappa shape index (κ1) is 13.1. The summed E-state index contributed by atoms with van der Waals surface area (Å²) in [5.74, 6) is 0.615. The lowest BCUT2D eigenvalue weighted by molar-refractivity contribution is -0.122. The molecule has 2 aromatic heterocycles. The smallest absolute Gasteiger partial charge is 0.266 e. The molecule has 1 fully saturated rings. The standard InChI is InChI=1S/C13H11N3O2S2/c1-15-7-9(6-14-15)5-11-12(17)16(13(19)20-11)8-10-3-2-4-18-10/h2-7H,8H2,1H3/b11-5-. The van der Waals surface area contributed by atoms with E-state index in [9.17, 15) is 4.79 Å². The molecular formula is C13H11N3O2S2. The van der Waals surface area contributed by atoms with E-state index < -0.39 is 0 Å². The summed E-state index contributed by atoms with van der Waals surface area (Å²) in [5.41, 5.74) is 0.881. The molecule has 0 unspecified atom stereocenters. The number of carbonyl (C=O) groups is 1. The van der Waals surface area contributed by atoms with Crippen molar-refractivity contribution in [2.75, 3.05) is 0 Å². The Hall–Kier alpha value is -1.86. The monoisotopic (exact) mass is 305 g/mol. The van der Waals surface area contributed by atoms with Gasteiger partial charge in [0.1, 0.15) is 10.1 Å². The van der Waals surface area contributed by atoms with Gasteiger partial charge in [-0.3, -0.25) is 14.4 Å². The summed E-state index contributed by atoms with van der Waals surface area (Å²) in [7, 11) is 1.83. The van der Waals surface area contributed by atoms with Crippen molar-refractivity contribution in [3.8, 4) is 0 Å². The van der Waals surface area contributed by atoms with E-state index in [1.807, 2.05) is 19.3 Å². The average Bonchev–Trinajstić information content (AvgIpc) is 3.10. The third kappa shape index (κ3) is 2.54. The normalized spacial score (nSPS) is 17.4. The summed E-state index contributed by atoms with van der Waals surface area (Å²) < 4.78 is 7.49. The van der Waals surface area contributed by atoms with Crippen molar-refractivity contribution in [3.63, 3.8) is 0 Å². The molecule has 0 N–H and O–H groups in total. The molecule has 5 nitrogen and oxygen atoms in total. The molecule has 0 atom stereocenters. The van der Waals surface area contributed by atoms with Gasteiger partial charge < -0.3 is 4.42 Å². The molecule has 0 aromatic carbocycles. The molecule has 7 heteroatoms. The van der Waals surface area contributed by atoms with Crippen LogP contribution in [0.3, 0.4) is 0 Å². The molecule has 0 spiro atoms. The lowest BCUT2D eigenvalue weighted by Gasteiger charge is -2.11. The van der Waals surface area contributed by atoms with Gasteiger partial charge in [-0.25, -0.2) is 0 Å². The largest absolute Gasteiger partial charge is 0.467 e. The number of nitrogens with zero attached hydrogens (tertiary/aromatic N) is 3. The van der Waals surface area contributed by atoms with Gasteiger partial charge in [0.15, 0.2) is 0 Å². The van der Waals surface area contributed by atoms with Gasteiger partial charge in [0.2, 0.25) is 0 Å². The maximum Gasteiger partial charge on any atom is 0.266 e. The molecule has 3 rings (SSSR count). The molecule has 1 aliphatic heterocycles. The van der Waals surface area contributed by atoms with Crippen LogP contribution in [0.15, 0.2) is 40.1 Å². The number of aryl methyl sites for hydroxylation is 1. The SMILES string of the molecule is Cn1cc(/C=C2\SC(=S)N(Cc3ccco3)C2=O)cn1. The van der Waals surface area contributed by atoms with Gasteiger partial charge in [-0.2, -0.15) is 5.10 Å². The van der Waals surface area contributed by atoms with Gasteiger partial charge in [0, 0.05) is 18.8 Å². The van der Waals surface area contributed by atoms with E-state index in [1.165, 1.54) is 11.8 Å². The second-order valence-corrected chi connectivity index (χ2v) is 5.97. The molecule has 2 aromatic rings. The lowest BCUT2D eigenvalue weighted by Crippen LogP contribution is -2.27. The van der Waals surface area contributed by atoms with Crippen LogP contribution in [0.1, 0.15) is 11.3 Å². The zero-order valence-electron chi connectivity index (χ0n) is 10.6. The number of amides is 1. The van der Waals surface area contributed by atoms with E-state index in [4.69, 9.17) is 16.6 Å². The number of carbonyl (C=O) groups excluding carboxylic acids is 1. The van der Waals surface area contributed by atoms with Crippen molar-refractivity contribution in [3.05, 3.63) is 47.0 Å². The van der Waals surface area contributed by atoms with Crippen molar-refractivity contribution in [2.45, 2.75) is 6.54 Å². The number of aromatic nitrogens is 2. The van der Waals surface area contributed by atoms with E-state index in [2.05, 4.69) is 5.10 Å². The van der Waals surface area contributed by atoms with Gasteiger partial charge in [-0.1, -0.05) is 24.0 Å². The van der Waals surface area contributed by atoms with Crippen LogP contribution in [0.25, 0.3) is 6.08 Å². The number of furan rings is 1. The minimum atomic E-state index is -0.0970. The fraction of sp³-hybridized carbons (Fsp3) is 0.154. The highest BCUT2D eigenvalue weighted by Gasteiger charge is 2.32. The van der Waals surface area contributed by atoms with E-state index in [1.54, 1.807) is 34.2 Å². The highest BCUT2D eigenvalue weighted by atomic mass is 32.2. The molecule has 0 bridgehead atoms. The first-order valence-corrected chi connectivity index (χ1v) is 7.12. The summed E-state index contributed by atoms with van der Waals surface area (Å²) in [5, 5.41) is 4.07. The number of thioether (sulfide) groups is 1. The Labute approximate surface area is 125 Å². The van der Waals surface area contributed by atoms with E-state index in [-0.39, 0.29) is 5.91 Å². The summed E-state index contributed by atoms with van der Waals surface area (Å²) in [6.45, 7) is 0.363. The molecule has 1 amide bonds. The Morgan fingerprint density at radius 2 is 2.40 bits per heavy atom. The second-order valence-electron chi connectivity index (χ2n) is 4.29. The molecule has 0 aliphatic carbocycles. The van der Waals surface area contributed by atoms with Crippen LogP contribution < -0.4 is 0 Å². The summed E-state index contributed by atoms with van der Waals surface area (Å²) in [6.07, 6.45) is 6.94. The minimum Gasteiger partial charge on any atom is -0.467 e. The van der Waals surface area contributed by atoms with Gasteiger partial charge >= 0.3 is 0 Å². The van der Waals surface area contributed by atoms with Crippen LogP contribution in [-0.4, -0.2) is 24.9 Å². The first-order chi connectivity index (χ1) is 9.63. The Kier molecular flexibility index (Phi) is 3.45. The van der Waals surface area contributed by atoms with Crippen LogP contribution in [0.5, 0.6) is 0 Å². The molecule has 102 valence electrons. The third-order valence-corrected chi connectivity index (χ3v) is 4.17. The first-order valence-electron chi connectivity index (χ1n) is 5.90. The van der Waals surface area contributed by atoms with E-state index >= 15 is 0 Å². The zero-order chi connectivity index (χ0) is 14.1. The van der Waals surface area contributed by atoms with Gasteiger partial charge in [0.25, 0.3) is 5.91 Å². The predicted molar refractivity (Wildman–Crippen MR) is 80.6 cm³/mol. The van der Waals surface area contributed by atoms with Crippen molar-refractivity contribution >= 4 is 40.3 Å². The van der Waals surface area contributed by atoms with Crippen molar-refractivity contribution < 1.29 is 9.21 Å². The van der Waals surface area contributed by atoms with Crippen LogP contribution in [0, 0.1) is 0 Å². The Morgan fingerprint density at radius 3 is 3.05 bits per heavy atom. The number of rotatable bonds is 3. The average molecular weight is 305 g/mol. The Morgan fingerprint density at radius 1 is 1.55 bits per heavy atom. The van der Waals surface area contributed by atoms with Crippen molar-refractivity contribution in [1.82, 2.24) is 14.7 Å². The van der Waals surface area contributed by atoms with Crippen LogP contribution in [0.2, 0.25) is 0 Å². The summed E-state index contributed by atoms with van der Waals surface area (Å²) >= 11 is 6.55. The minimum absolute atomic E-state index is 0.0970. The predicted octanol–water partition coefficient (Wildman–Crippen LogP) is 2.41. The molecule has 0 radical (unpaired) electrons. The summed E-state index contributed by atoms with van der Waals surface area (Å²) in [6, 6.07) is 3.61. The van der Waals surface area contributed by atoms with Gasteiger partial charge in [0.05, 0.1) is 23.9 Å². The maximum atomic E-state index is 12.3. The fourth-order valence-electron chi connectivity index (χ4n) is 1.86. The highest BCUT2D eigenvalue weighted by molar-refractivity contribution is 8.26. The topological polar surface area (TPSA) is 51.3 Å². The van der Waals surface area contributed by atoms with E-state index in [0.717, 1.165) is 5.56 Å². The van der Waals surface area contributed by atoms with Crippen LogP contribution in [0.4, 0.5) is 0 Å². The number of hydrogen-bond acceptors (Lipinski definition) is 5. The maximum absolute atomic E-state index is 12.3. The van der Waals surface area contributed by atoms with E-state index in [0.29, 0.717) is 21.5 Å².